The number of hydrogen-bond acceptors (Lipinski definition) is 3. The Morgan fingerprint density at radius 1 is 1.53 bits per heavy atom. The van der Waals surface area contributed by atoms with Gasteiger partial charge in [0.15, 0.2) is 11.6 Å². The van der Waals surface area contributed by atoms with E-state index in [1.54, 1.807) is 0 Å². The lowest BCUT2D eigenvalue weighted by molar-refractivity contribution is 0.390. The predicted octanol–water partition coefficient (Wildman–Crippen LogP) is 2.95. The van der Waals surface area contributed by atoms with Gasteiger partial charge in [0.2, 0.25) is 6.08 Å². The van der Waals surface area contributed by atoms with E-state index in [0.717, 1.165) is 6.07 Å². The molecule has 0 bridgehead atoms. The quantitative estimate of drug-likeness (QED) is 0.476. The summed E-state index contributed by atoms with van der Waals surface area (Å²) in [6.45, 7) is 0. The largest absolute Gasteiger partial charge is 0.495 e. The first-order valence-electron chi connectivity index (χ1n) is 4.87. The highest BCUT2D eigenvalue weighted by molar-refractivity contribution is 6.32. The van der Waals surface area contributed by atoms with Gasteiger partial charge in [-0.25, -0.2) is 13.6 Å². The van der Waals surface area contributed by atoms with Crippen molar-refractivity contribution in [2.75, 3.05) is 7.11 Å². The Kier molecular flexibility index (Phi) is 2.89. The monoisotopic (exact) mass is 259 g/mol. The lowest BCUT2D eigenvalue weighted by atomic mass is 10.0. The maximum Gasteiger partial charge on any atom is 0.235 e. The molecule has 17 heavy (non-hydrogen) atoms. The molecule has 0 aromatic heterocycles. The molecule has 1 aliphatic carbocycles. The van der Waals surface area contributed by atoms with Crippen LogP contribution in [0.2, 0.25) is 5.02 Å². The molecule has 90 valence electrons. The van der Waals surface area contributed by atoms with Gasteiger partial charge in [-0.15, -0.1) is 0 Å². The molecule has 0 amide bonds. The number of aliphatic imine (C=N–C) groups is 1. The summed E-state index contributed by atoms with van der Waals surface area (Å²) in [5.74, 6) is -2.15. The number of rotatable bonds is 3. The molecule has 2 rings (SSSR count). The second-order valence-electron chi connectivity index (χ2n) is 3.80. The Morgan fingerprint density at radius 3 is 2.65 bits per heavy atom. The Bertz CT molecular complexity index is 523. The van der Waals surface area contributed by atoms with E-state index >= 15 is 0 Å². The first-order valence-corrected chi connectivity index (χ1v) is 5.24. The summed E-state index contributed by atoms with van der Waals surface area (Å²) in [5, 5.41) is -0.0474. The number of nitrogens with zero attached hydrogens (tertiary/aromatic N) is 1. The van der Waals surface area contributed by atoms with Gasteiger partial charge in [0.05, 0.1) is 17.7 Å². The van der Waals surface area contributed by atoms with Crippen molar-refractivity contribution in [2.45, 2.75) is 18.4 Å². The third-order valence-electron chi connectivity index (χ3n) is 2.78. The van der Waals surface area contributed by atoms with E-state index in [-0.39, 0.29) is 16.3 Å². The third kappa shape index (κ3) is 1.81. The van der Waals surface area contributed by atoms with Crippen LogP contribution in [-0.4, -0.2) is 13.2 Å². The summed E-state index contributed by atoms with van der Waals surface area (Å²) in [5.41, 5.74) is -1.17. The van der Waals surface area contributed by atoms with Crippen molar-refractivity contribution in [1.29, 1.82) is 0 Å². The molecule has 3 nitrogen and oxygen atoms in total. The van der Waals surface area contributed by atoms with Gasteiger partial charge in [-0.05, 0) is 18.9 Å². The molecule has 0 heterocycles. The highest BCUT2D eigenvalue weighted by Gasteiger charge is 2.50. The van der Waals surface area contributed by atoms with Gasteiger partial charge in [0.1, 0.15) is 11.3 Å². The summed E-state index contributed by atoms with van der Waals surface area (Å²) in [6.07, 6.45) is 2.25. The predicted molar refractivity (Wildman–Crippen MR) is 57.0 cm³/mol. The van der Waals surface area contributed by atoms with Crippen LogP contribution in [0.5, 0.6) is 5.75 Å². The topological polar surface area (TPSA) is 38.7 Å². The number of methoxy groups -OCH3 is 1. The van der Waals surface area contributed by atoms with Crippen LogP contribution in [0.15, 0.2) is 11.1 Å². The van der Waals surface area contributed by atoms with Crippen molar-refractivity contribution < 1.29 is 18.3 Å². The van der Waals surface area contributed by atoms with Crippen molar-refractivity contribution in [3.05, 3.63) is 28.3 Å². The minimum absolute atomic E-state index is 0.0158. The second kappa shape index (κ2) is 4.09. The number of benzene rings is 1. The molecule has 1 aromatic carbocycles. The van der Waals surface area contributed by atoms with E-state index in [0.29, 0.717) is 12.8 Å². The van der Waals surface area contributed by atoms with E-state index in [1.807, 2.05) is 0 Å². The Hall–Kier alpha value is -1.45. The van der Waals surface area contributed by atoms with Gasteiger partial charge in [-0.1, -0.05) is 11.6 Å². The van der Waals surface area contributed by atoms with Crippen molar-refractivity contribution in [3.63, 3.8) is 0 Å². The van der Waals surface area contributed by atoms with Crippen LogP contribution in [0.4, 0.5) is 8.78 Å². The SMILES string of the molecule is COc1c(Cl)cc(F)c(F)c1C1(N=C=O)CC1. The van der Waals surface area contributed by atoms with Gasteiger partial charge in [0, 0.05) is 0 Å². The van der Waals surface area contributed by atoms with Gasteiger partial charge >= 0.3 is 0 Å². The molecule has 0 radical (unpaired) electrons. The highest BCUT2D eigenvalue weighted by Crippen LogP contribution is 2.54. The Balaban J connectivity index is 2.71. The number of hydrogen-bond donors (Lipinski definition) is 0. The zero-order chi connectivity index (χ0) is 12.6. The molecule has 1 aliphatic rings. The van der Waals surface area contributed by atoms with Crippen LogP contribution in [0.1, 0.15) is 18.4 Å². The first kappa shape index (κ1) is 12.0. The van der Waals surface area contributed by atoms with Crippen LogP contribution < -0.4 is 4.74 Å². The molecule has 6 heteroatoms. The average Bonchev–Trinajstić information content (AvgIpc) is 3.04. The molecule has 0 spiro atoms. The lowest BCUT2D eigenvalue weighted by Crippen LogP contribution is -2.10. The van der Waals surface area contributed by atoms with Crippen LogP contribution in [-0.2, 0) is 10.3 Å². The fourth-order valence-electron chi connectivity index (χ4n) is 1.82. The zero-order valence-corrected chi connectivity index (χ0v) is 9.65. The number of halogens is 3. The minimum atomic E-state index is -1.09. The molecule has 1 saturated carbocycles. The molecular weight excluding hydrogens is 252 g/mol. The normalized spacial score (nSPS) is 16.2. The molecule has 0 unspecified atom stereocenters. The summed E-state index contributed by atoms with van der Waals surface area (Å²) in [6, 6.07) is 0.833. The van der Waals surface area contributed by atoms with E-state index in [2.05, 4.69) is 4.99 Å². The maximum absolute atomic E-state index is 13.8. The van der Waals surface area contributed by atoms with Gasteiger partial charge in [0.25, 0.3) is 0 Å². The zero-order valence-electron chi connectivity index (χ0n) is 8.89. The van der Waals surface area contributed by atoms with E-state index in [9.17, 15) is 13.6 Å². The lowest BCUT2D eigenvalue weighted by Gasteiger charge is -2.16. The molecule has 1 aromatic rings. The Labute approximate surface area is 101 Å². The van der Waals surface area contributed by atoms with Gasteiger partial charge in [-0.2, -0.15) is 4.99 Å². The van der Waals surface area contributed by atoms with E-state index < -0.39 is 17.2 Å². The molecular formula is C11H8ClF2NO2. The average molecular weight is 260 g/mol. The van der Waals surface area contributed by atoms with Crippen LogP contribution >= 0.6 is 11.6 Å². The van der Waals surface area contributed by atoms with Crippen LogP contribution in [0.3, 0.4) is 0 Å². The standard InChI is InChI=1S/C11H8ClF2NO2/c1-17-10-6(12)4-7(13)9(14)8(10)11(2-3-11)15-5-16/h4H,2-3H2,1H3. The maximum atomic E-state index is 13.8. The molecule has 0 N–H and O–H groups in total. The van der Waals surface area contributed by atoms with Crippen molar-refractivity contribution in [3.8, 4) is 5.75 Å². The minimum Gasteiger partial charge on any atom is -0.495 e. The summed E-state index contributed by atoms with van der Waals surface area (Å²) in [4.78, 5) is 13.9. The second-order valence-corrected chi connectivity index (χ2v) is 4.20. The summed E-state index contributed by atoms with van der Waals surface area (Å²) >= 11 is 5.77. The summed E-state index contributed by atoms with van der Waals surface area (Å²) < 4.78 is 32.0. The highest BCUT2D eigenvalue weighted by atomic mass is 35.5. The molecule has 0 atom stereocenters. The third-order valence-corrected chi connectivity index (χ3v) is 3.06. The molecule has 0 saturated heterocycles. The van der Waals surface area contributed by atoms with E-state index in [4.69, 9.17) is 16.3 Å². The fraction of sp³-hybridized carbons (Fsp3) is 0.364. The summed E-state index contributed by atoms with van der Waals surface area (Å²) in [7, 11) is 1.29. The fourth-order valence-corrected chi connectivity index (χ4v) is 2.08. The van der Waals surface area contributed by atoms with Crippen molar-refractivity contribution >= 4 is 17.7 Å². The number of carbonyl (C=O) groups excluding carboxylic acids is 1. The number of ether oxygens (including phenoxy) is 1. The van der Waals surface area contributed by atoms with Crippen LogP contribution in [0.25, 0.3) is 0 Å². The van der Waals surface area contributed by atoms with Gasteiger partial charge < -0.3 is 4.74 Å². The van der Waals surface area contributed by atoms with Crippen molar-refractivity contribution in [2.24, 2.45) is 4.99 Å². The van der Waals surface area contributed by atoms with Crippen molar-refractivity contribution in [1.82, 2.24) is 0 Å². The first-order chi connectivity index (χ1) is 8.05. The molecule has 0 aliphatic heterocycles. The molecule has 1 fully saturated rings. The van der Waals surface area contributed by atoms with E-state index in [1.165, 1.54) is 13.2 Å². The smallest absolute Gasteiger partial charge is 0.235 e. The van der Waals surface area contributed by atoms with Gasteiger partial charge in [-0.3, -0.25) is 0 Å². The van der Waals surface area contributed by atoms with Crippen LogP contribution in [0, 0.1) is 11.6 Å². The Morgan fingerprint density at radius 2 is 2.18 bits per heavy atom. The number of isocyanates is 1.